The molecule has 2 rings (SSSR count). The van der Waals surface area contributed by atoms with E-state index in [1.54, 1.807) is 6.07 Å². The molecule has 1 saturated carbocycles. The minimum Gasteiger partial charge on any atom is -0.381 e. The van der Waals surface area contributed by atoms with Crippen LogP contribution in [0.5, 0.6) is 0 Å². The van der Waals surface area contributed by atoms with Gasteiger partial charge < -0.3 is 10.2 Å². The van der Waals surface area contributed by atoms with Gasteiger partial charge in [0.05, 0.1) is 0 Å². The number of anilines is 1. The van der Waals surface area contributed by atoms with Gasteiger partial charge in [-0.25, -0.2) is 17.9 Å². The average Bonchev–Trinajstić information content (AvgIpc) is 2.37. The van der Waals surface area contributed by atoms with E-state index in [1.165, 1.54) is 18.6 Å². The molecule has 5 nitrogen and oxygen atoms in total. The van der Waals surface area contributed by atoms with Crippen molar-refractivity contribution < 1.29 is 12.8 Å². The van der Waals surface area contributed by atoms with E-state index in [2.05, 4.69) is 10.2 Å². The average molecular weight is 315 g/mol. The van der Waals surface area contributed by atoms with E-state index in [0.717, 1.165) is 19.3 Å². The second kappa shape index (κ2) is 6.29. The summed E-state index contributed by atoms with van der Waals surface area (Å²) in [6.45, 7) is 0. The molecule has 0 spiro atoms. The summed E-state index contributed by atoms with van der Waals surface area (Å²) in [6.07, 6.45) is 4.45. The largest absolute Gasteiger partial charge is 0.381 e. The molecule has 118 valence electrons. The summed E-state index contributed by atoms with van der Waals surface area (Å²) in [5.41, 5.74) is 0.582. The number of benzene rings is 1. The van der Waals surface area contributed by atoms with Gasteiger partial charge in [-0.2, -0.15) is 0 Å². The van der Waals surface area contributed by atoms with Crippen molar-refractivity contribution in [2.75, 3.05) is 19.4 Å². The molecule has 3 N–H and O–H groups in total. The minimum absolute atomic E-state index is 0.230. The Hall–Kier alpha value is -1.18. The highest BCUT2D eigenvalue weighted by molar-refractivity contribution is 7.89. The molecule has 1 aromatic carbocycles. The van der Waals surface area contributed by atoms with Crippen molar-refractivity contribution in [3.05, 3.63) is 24.0 Å². The molecule has 1 fully saturated rings. The SMILES string of the molecule is CN(C)[C@H]1CCCC[C@@H]1Nc1ccc(S(N)(=O)=O)c(F)c1. The summed E-state index contributed by atoms with van der Waals surface area (Å²) >= 11 is 0. The molecule has 0 saturated heterocycles. The number of nitrogens with one attached hydrogen (secondary N) is 1. The molecule has 0 radical (unpaired) electrons. The smallest absolute Gasteiger partial charge is 0.240 e. The van der Waals surface area contributed by atoms with Crippen LogP contribution in [0.3, 0.4) is 0 Å². The monoisotopic (exact) mass is 315 g/mol. The predicted octanol–water partition coefficient (Wildman–Crippen LogP) is 1.76. The zero-order valence-corrected chi connectivity index (χ0v) is 13.2. The van der Waals surface area contributed by atoms with Gasteiger partial charge in [-0.1, -0.05) is 12.8 Å². The van der Waals surface area contributed by atoms with Crippen LogP contribution in [0.1, 0.15) is 25.7 Å². The van der Waals surface area contributed by atoms with Crippen molar-refractivity contribution in [1.82, 2.24) is 4.90 Å². The quantitative estimate of drug-likeness (QED) is 0.888. The maximum Gasteiger partial charge on any atom is 0.240 e. The van der Waals surface area contributed by atoms with Crippen LogP contribution in [0, 0.1) is 5.82 Å². The second-order valence-electron chi connectivity index (χ2n) is 5.76. The van der Waals surface area contributed by atoms with E-state index >= 15 is 0 Å². The number of hydrogen-bond acceptors (Lipinski definition) is 4. The van der Waals surface area contributed by atoms with E-state index < -0.39 is 20.7 Å². The highest BCUT2D eigenvalue weighted by atomic mass is 32.2. The van der Waals surface area contributed by atoms with Gasteiger partial charge in [-0.05, 0) is 45.1 Å². The molecule has 0 aliphatic heterocycles. The van der Waals surface area contributed by atoms with Crippen LogP contribution >= 0.6 is 0 Å². The molecule has 0 aromatic heterocycles. The first-order valence-electron chi connectivity index (χ1n) is 7.04. The van der Waals surface area contributed by atoms with Crippen LogP contribution in [0.15, 0.2) is 23.1 Å². The lowest BCUT2D eigenvalue weighted by atomic mass is 9.89. The molecule has 2 atom stereocenters. The maximum absolute atomic E-state index is 13.8. The van der Waals surface area contributed by atoms with Crippen LogP contribution in [0.2, 0.25) is 0 Å². The van der Waals surface area contributed by atoms with Gasteiger partial charge in [0, 0.05) is 17.8 Å². The van der Waals surface area contributed by atoms with Crippen molar-refractivity contribution >= 4 is 15.7 Å². The molecule has 21 heavy (non-hydrogen) atoms. The molecule has 1 aliphatic carbocycles. The van der Waals surface area contributed by atoms with Crippen LogP contribution in [0.4, 0.5) is 10.1 Å². The molecule has 0 unspecified atom stereocenters. The number of halogens is 1. The maximum atomic E-state index is 13.8. The Balaban J connectivity index is 2.18. The van der Waals surface area contributed by atoms with Crippen molar-refractivity contribution in [3.63, 3.8) is 0 Å². The summed E-state index contributed by atoms with van der Waals surface area (Å²) in [4.78, 5) is 1.70. The third-order valence-corrected chi connectivity index (χ3v) is 4.93. The summed E-state index contributed by atoms with van der Waals surface area (Å²) in [5, 5.41) is 8.27. The molecule has 1 aliphatic rings. The van der Waals surface area contributed by atoms with Crippen molar-refractivity contribution in [2.45, 2.75) is 42.7 Å². The Morgan fingerprint density at radius 2 is 1.95 bits per heavy atom. The number of sulfonamides is 1. The van der Waals surface area contributed by atoms with Crippen molar-refractivity contribution in [2.24, 2.45) is 5.14 Å². The van der Waals surface area contributed by atoms with Gasteiger partial charge in [0.15, 0.2) is 0 Å². The van der Waals surface area contributed by atoms with Gasteiger partial charge in [0.25, 0.3) is 0 Å². The molecule has 0 bridgehead atoms. The fourth-order valence-corrected chi connectivity index (χ4v) is 3.52. The zero-order chi connectivity index (χ0) is 15.6. The Kier molecular flexibility index (Phi) is 4.85. The van der Waals surface area contributed by atoms with Crippen LogP contribution in [-0.4, -0.2) is 39.5 Å². The first-order chi connectivity index (χ1) is 9.79. The van der Waals surface area contributed by atoms with Gasteiger partial charge >= 0.3 is 0 Å². The lowest BCUT2D eigenvalue weighted by Crippen LogP contribution is -2.45. The minimum atomic E-state index is -4.02. The Morgan fingerprint density at radius 1 is 1.29 bits per heavy atom. The lowest BCUT2D eigenvalue weighted by Gasteiger charge is -2.37. The first-order valence-corrected chi connectivity index (χ1v) is 8.59. The number of nitrogens with zero attached hydrogens (tertiary/aromatic N) is 1. The Morgan fingerprint density at radius 3 is 2.52 bits per heavy atom. The van der Waals surface area contributed by atoms with Crippen molar-refractivity contribution in [1.29, 1.82) is 0 Å². The molecular weight excluding hydrogens is 293 g/mol. The molecule has 7 heteroatoms. The number of rotatable bonds is 4. The number of primary sulfonamides is 1. The molecular formula is C14H22FN3O2S. The van der Waals surface area contributed by atoms with E-state index in [1.807, 2.05) is 14.1 Å². The highest BCUT2D eigenvalue weighted by Gasteiger charge is 2.26. The van der Waals surface area contributed by atoms with Crippen molar-refractivity contribution in [3.8, 4) is 0 Å². The molecule has 0 amide bonds. The van der Waals surface area contributed by atoms with E-state index in [0.29, 0.717) is 11.7 Å². The number of nitrogens with two attached hydrogens (primary N) is 1. The molecule has 1 aromatic rings. The summed E-state index contributed by atoms with van der Waals surface area (Å²) in [7, 11) is 0.0555. The fourth-order valence-electron chi connectivity index (χ4n) is 2.93. The Bertz CT molecular complexity index is 604. The summed E-state index contributed by atoms with van der Waals surface area (Å²) in [6, 6.07) is 4.58. The van der Waals surface area contributed by atoms with Gasteiger partial charge in [0.2, 0.25) is 10.0 Å². The van der Waals surface area contributed by atoms with Crippen LogP contribution in [-0.2, 0) is 10.0 Å². The fraction of sp³-hybridized carbons (Fsp3) is 0.571. The normalized spacial score (nSPS) is 23.3. The third-order valence-electron chi connectivity index (χ3n) is 3.98. The second-order valence-corrected chi connectivity index (χ2v) is 7.29. The predicted molar refractivity (Wildman–Crippen MR) is 81.1 cm³/mol. The van der Waals surface area contributed by atoms with Crippen LogP contribution in [0.25, 0.3) is 0 Å². The van der Waals surface area contributed by atoms with Gasteiger partial charge in [-0.3, -0.25) is 0 Å². The summed E-state index contributed by atoms with van der Waals surface area (Å²) in [5.74, 6) is -0.820. The lowest BCUT2D eigenvalue weighted by molar-refractivity contribution is 0.211. The highest BCUT2D eigenvalue weighted by Crippen LogP contribution is 2.26. The van der Waals surface area contributed by atoms with Gasteiger partial charge in [-0.15, -0.1) is 0 Å². The third kappa shape index (κ3) is 3.93. The van der Waals surface area contributed by atoms with E-state index in [9.17, 15) is 12.8 Å². The van der Waals surface area contributed by atoms with E-state index in [-0.39, 0.29) is 6.04 Å². The number of likely N-dealkylation sites (N-methyl/N-ethyl adjacent to an activating group) is 1. The number of hydrogen-bond donors (Lipinski definition) is 2. The van der Waals surface area contributed by atoms with E-state index in [4.69, 9.17) is 5.14 Å². The van der Waals surface area contributed by atoms with Gasteiger partial charge in [0.1, 0.15) is 10.7 Å². The Labute approximate surface area is 125 Å². The first kappa shape index (κ1) is 16.2. The zero-order valence-electron chi connectivity index (χ0n) is 12.3. The topological polar surface area (TPSA) is 75.4 Å². The standard InChI is InChI=1S/C14H22FN3O2S/c1-18(2)13-6-4-3-5-12(13)17-10-7-8-14(11(15)9-10)21(16,19)20/h7-9,12-13,17H,3-6H2,1-2H3,(H2,16,19,20)/t12-,13-/m0/s1. The van der Waals surface area contributed by atoms with Crippen LogP contribution < -0.4 is 10.5 Å². The molecule has 0 heterocycles. The summed E-state index contributed by atoms with van der Waals surface area (Å²) < 4.78 is 36.3.